The fourth-order valence-corrected chi connectivity index (χ4v) is 2.37. The minimum absolute atomic E-state index is 0.0354. The molecule has 0 unspecified atom stereocenters. The molecule has 0 amide bonds. The van der Waals surface area contributed by atoms with E-state index in [0.717, 1.165) is 5.56 Å². The van der Waals surface area contributed by atoms with Crippen LogP contribution in [-0.4, -0.2) is 12.2 Å². The van der Waals surface area contributed by atoms with Crippen molar-refractivity contribution in [3.63, 3.8) is 0 Å². The van der Waals surface area contributed by atoms with Crippen LogP contribution in [0.3, 0.4) is 0 Å². The molecule has 2 rings (SSSR count). The van der Waals surface area contributed by atoms with Gasteiger partial charge in [-0.2, -0.15) is 0 Å². The Morgan fingerprint density at radius 2 is 2.05 bits per heavy atom. The summed E-state index contributed by atoms with van der Waals surface area (Å²) in [5.74, 6) is 2.38. The Morgan fingerprint density at radius 1 is 1.37 bits per heavy atom. The highest BCUT2D eigenvalue weighted by Crippen LogP contribution is 2.42. The van der Waals surface area contributed by atoms with Crippen molar-refractivity contribution in [2.24, 2.45) is 0 Å². The highest BCUT2D eigenvalue weighted by molar-refractivity contribution is 5.95. The first-order chi connectivity index (χ1) is 9.01. The van der Waals surface area contributed by atoms with E-state index in [1.54, 1.807) is 12.1 Å². The van der Waals surface area contributed by atoms with E-state index in [2.05, 4.69) is 5.92 Å². The van der Waals surface area contributed by atoms with Crippen LogP contribution in [0.15, 0.2) is 18.2 Å². The molecule has 0 spiro atoms. The second-order valence-electron chi connectivity index (χ2n) is 4.66. The third-order valence-electron chi connectivity index (χ3n) is 3.15. The number of methoxy groups -OCH3 is 1. The van der Waals surface area contributed by atoms with E-state index in [-0.39, 0.29) is 17.2 Å². The molecule has 2 aromatic rings. The van der Waals surface area contributed by atoms with Gasteiger partial charge in [0, 0.05) is 10.9 Å². The number of ether oxygens (including phenoxy) is 1. The van der Waals surface area contributed by atoms with Gasteiger partial charge in [0.25, 0.3) is 0 Å². The monoisotopic (exact) mass is 258 g/mol. The van der Waals surface area contributed by atoms with Gasteiger partial charge < -0.3 is 9.84 Å². The third-order valence-corrected chi connectivity index (χ3v) is 3.15. The zero-order valence-electron chi connectivity index (χ0n) is 11.1. The number of fused-ring (bicyclic) bond motifs is 1. The highest BCUT2D eigenvalue weighted by atomic mass is 19.1. The molecule has 3 heteroatoms. The van der Waals surface area contributed by atoms with Crippen LogP contribution in [0.4, 0.5) is 4.39 Å². The standard InChI is InChI=1S/C16H15FO2/c1-5-11-12(17)7-6-10-8-13(18)16(19-4)14(9(2)3)15(10)11/h1,6-9,18H,2-4H3. The molecule has 19 heavy (non-hydrogen) atoms. The molecule has 0 radical (unpaired) electrons. The number of rotatable bonds is 2. The fraction of sp³-hybridized carbons (Fsp3) is 0.250. The predicted octanol–water partition coefficient (Wildman–Crippen LogP) is 3.80. The number of halogens is 1. The van der Waals surface area contributed by atoms with Gasteiger partial charge in [-0.3, -0.25) is 0 Å². The zero-order chi connectivity index (χ0) is 14.2. The largest absolute Gasteiger partial charge is 0.504 e. The molecule has 0 aliphatic rings. The van der Waals surface area contributed by atoms with Crippen LogP contribution in [0.2, 0.25) is 0 Å². The Kier molecular flexibility index (Phi) is 3.35. The lowest BCUT2D eigenvalue weighted by molar-refractivity contribution is 0.369. The maximum absolute atomic E-state index is 13.9. The van der Waals surface area contributed by atoms with Crippen LogP contribution in [0, 0.1) is 18.2 Å². The van der Waals surface area contributed by atoms with Gasteiger partial charge in [-0.15, -0.1) is 6.42 Å². The van der Waals surface area contributed by atoms with Gasteiger partial charge in [-0.05, 0) is 23.4 Å². The van der Waals surface area contributed by atoms with E-state index in [4.69, 9.17) is 11.2 Å². The van der Waals surface area contributed by atoms with Gasteiger partial charge in [0.05, 0.1) is 12.7 Å². The average Bonchev–Trinajstić information content (AvgIpc) is 2.37. The Morgan fingerprint density at radius 3 is 2.58 bits per heavy atom. The first kappa shape index (κ1) is 13.2. The van der Waals surface area contributed by atoms with Gasteiger partial charge in [-0.1, -0.05) is 25.8 Å². The molecule has 2 aromatic carbocycles. The molecule has 98 valence electrons. The molecule has 0 aliphatic heterocycles. The van der Waals surface area contributed by atoms with Gasteiger partial charge >= 0.3 is 0 Å². The van der Waals surface area contributed by atoms with Crippen molar-refractivity contribution in [3.05, 3.63) is 35.1 Å². The molecular formula is C16H15FO2. The normalized spacial score (nSPS) is 10.7. The maximum Gasteiger partial charge on any atom is 0.164 e. The summed E-state index contributed by atoms with van der Waals surface area (Å²) in [6.45, 7) is 3.89. The van der Waals surface area contributed by atoms with Gasteiger partial charge in [0.2, 0.25) is 0 Å². The lowest BCUT2D eigenvalue weighted by Gasteiger charge is -2.18. The van der Waals surface area contributed by atoms with Crippen LogP contribution in [0.1, 0.15) is 30.9 Å². The summed E-state index contributed by atoms with van der Waals surface area (Å²) in [6.07, 6.45) is 5.42. The van der Waals surface area contributed by atoms with Gasteiger partial charge in [0.15, 0.2) is 11.5 Å². The van der Waals surface area contributed by atoms with Crippen LogP contribution in [-0.2, 0) is 0 Å². The summed E-state index contributed by atoms with van der Waals surface area (Å²) >= 11 is 0. The van der Waals surface area contributed by atoms with E-state index in [9.17, 15) is 9.50 Å². The molecule has 0 bridgehead atoms. The van der Waals surface area contributed by atoms with Crippen molar-refractivity contribution in [3.8, 4) is 23.8 Å². The van der Waals surface area contributed by atoms with E-state index in [0.29, 0.717) is 16.5 Å². The first-order valence-electron chi connectivity index (χ1n) is 6.00. The number of phenolic OH excluding ortho intramolecular Hbond substituents is 1. The second-order valence-corrected chi connectivity index (χ2v) is 4.66. The third kappa shape index (κ3) is 2.00. The lowest BCUT2D eigenvalue weighted by Crippen LogP contribution is -1.99. The van der Waals surface area contributed by atoms with Crippen molar-refractivity contribution < 1.29 is 14.2 Å². The minimum atomic E-state index is -0.440. The van der Waals surface area contributed by atoms with E-state index < -0.39 is 5.82 Å². The average molecular weight is 258 g/mol. The lowest BCUT2D eigenvalue weighted by atomic mass is 9.91. The highest BCUT2D eigenvalue weighted by Gasteiger charge is 2.20. The zero-order valence-corrected chi connectivity index (χ0v) is 11.1. The molecule has 0 saturated heterocycles. The Hall–Kier alpha value is -2.21. The van der Waals surface area contributed by atoms with Crippen LogP contribution in [0.5, 0.6) is 11.5 Å². The molecule has 0 saturated carbocycles. The second kappa shape index (κ2) is 4.81. The van der Waals surface area contributed by atoms with Crippen LogP contribution in [0.25, 0.3) is 10.8 Å². The number of hydrogen-bond donors (Lipinski definition) is 1. The summed E-state index contributed by atoms with van der Waals surface area (Å²) in [7, 11) is 1.47. The smallest absolute Gasteiger partial charge is 0.164 e. The number of aromatic hydroxyl groups is 1. The Balaban J connectivity index is 3.05. The van der Waals surface area contributed by atoms with Crippen molar-refractivity contribution in [1.29, 1.82) is 0 Å². The quantitative estimate of drug-likeness (QED) is 0.830. The molecule has 0 heterocycles. The van der Waals surface area contributed by atoms with Crippen molar-refractivity contribution in [1.82, 2.24) is 0 Å². The van der Waals surface area contributed by atoms with E-state index >= 15 is 0 Å². The van der Waals surface area contributed by atoms with Gasteiger partial charge in [-0.25, -0.2) is 4.39 Å². The number of phenols is 1. The van der Waals surface area contributed by atoms with Gasteiger partial charge in [0.1, 0.15) is 5.82 Å². The Labute approximate surface area is 111 Å². The fourth-order valence-electron chi connectivity index (χ4n) is 2.37. The topological polar surface area (TPSA) is 29.5 Å². The predicted molar refractivity (Wildman–Crippen MR) is 74.1 cm³/mol. The van der Waals surface area contributed by atoms with Crippen molar-refractivity contribution in [2.75, 3.05) is 7.11 Å². The molecule has 0 atom stereocenters. The molecular weight excluding hydrogens is 243 g/mol. The Bertz CT molecular complexity index is 681. The molecule has 1 N–H and O–H groups in total. The van der Waals surface area contributed by atoms with Crippen molar-refractivity contribution in [2.45, 2.75) is 19.8 Å². The molecule has 0 fully saturated rings. The summed E-state index contributed by atoms with van der Waals surface area (Å²) in [5.41, 5.74) is 0.935. The van der Waals surface area contributed by atoms with Crippen LogP contribution >= 0.6 is 0 Å². The van der Waals surface area contributed by atoms with E-state index in [1.165, 1.54) is 13.2 Å². The minimum Gasteiger partial charge on any atom is -0.504 e. The summed E-state index contributed by atoms with van der Waals surface area (Å²) in [5, 5.41) is 11.3. The number of hydrogen-bond acceptors (Lipinski definition) is 2. The number of terminal acetylenes is 1. The summed E-state index contributed by atoms with van der Waals surface area (Å²) < 4.78 is 19.1. The summed E-state index contributed by atoms with van der Waals surface area (Å²) in [6, 6.07) is 4.46. The molecule has 0 aliphatic carbocycles. The van der Waals surface area contributed by atoms with Crippen molar-refractivity contribution >= 4 is 10.8 Å². The molecule has 2 nitrogen and oxygen atoms in total. The first-order valence-corrected chi connectivity index (χ1v) is 6.00. The maximum atomic E-state index is 13.9. The van der Waals surface area contributed by atoms with Crippen LogP contribution < -0.4 is 4.74 Å². The van der Waals surface area contributed by atoms with E-state index in [1.807, 2.05) is 13.8 Å². The summed E-state index contributed by atoms with van der Waals surface area (Å²) in [4.78, 5) is 0. The number of benzene rings is 2. The molecule has 0 aromatic heterocycles. The SMILES string of the molecule is C#Cc1c(F)ccc2cc(O)c(OC)c(C(C)C)c12.